The van der Waals surface area contributed by atoms with Gasteiger partial charge >= 0.3 is 0 Å². The summed E-state index contributed by atoms with van der Waals surface area (Å²) >= 11 is 1.23. The smallest absolute Gasteiger partial charge is 0.252 e. The predicted molar refractivity (Wildman–Crippen MR) is 96.0 cm³/mol. The van der Waals surface area contributed by atoms with Crippen molar-refractivity contribution >= 4 is 21.4 Å². The van der Waals surface area contributed by atoms with Crippen LogP contribution in [0.2, 0.25) is 0 Å². The molecule has 0 saturated carbocycles. The first-order chi connectivity index (χ1) is 12.1. The molecular weight excluding hydrogens is 358 g/mol. The van der Waals surface area contributed by atoms with Crippen molar-refractivity contribution in [2.45, 2.75) is 10.3 Å². The number of thiophene rings is 1. The molecule has 1 aliphatic rings. The highest BCUT2D eigenvalue weighted by atomic mass is 32.2. The lowest BCUT2D eigenvalue weighted by Gasteiger charge is -2.36. The van der Waals surface area contributed by atoms with Gasteiger partial charge < -0.3 is 4.74 Å². The lowest BCUT2D eigenvalue weighted by molar-refractivity contribution is 0.162. The summed E-state index contributed by atoms with van der Waals surface area (Å²) < 4.78 is 32.3. The number of rotatable bonds is 5. The van der Waals surface area contributed by atoms with Crippen molar-refractivity contribution in [1.82, 2.24) is 9.21 Å². The van der Waals surface area contributed by atoms with Crippen LogP contribution < -0.4 is 4.74 Å². The van der Waals surface area contributed by atoms with Gasteiger partial charge in [-0.1, -0.05) is 18.2 Å². The van der Waals surface area contributed by atoms with Crippen LogP contribution in [0.3, 0.4) is 0 Å². The van der Waals surface area contributed by atoms with Crippen molar-refractivity contribution in [3.05, 3.63) is 47.3 Å². The van der Waals surface area contributed by atoms with Crippen molar-refractivity contribution in [2.24, 2.45) is 0 Å². The number of ether oxygens (including phenoxy) is 1. The summed E-state index contributed by atoms with van der Waals surface area (Å²) in [4.78, 5) is 2.01. The van der Waals surface area contributed by atoms with Gasteiger partial charge in [0.15, 0.2) is 0 Å². The van der Waals surface area contributed by atoms with E-state index in [1.54, 1.807) is 24.6 Å². The maximum absolute atomic E-state index is 12.6. The fraction of sp³-hybridized carbons (Fsp3) is 0.353. The van der Waals surface area contributed by atoms with Gasteiger partial charge in [-0.25, -0.2) is 8.42 Å². The van der Waals surface area contributed by atoms with Crippen molar-refractivity contribution in [1.29, 1.82) is 5.26 Å². The minimum atomic E-state index is -3.43. The highest BCUT2D eigenvalue weighted by Crippen LogP contribution is 2.27. The van der Waals surface area contributed by atoms with Gasteiger partial charge in [0.2, 0.25) is 0 Å². The van der Waals surface area contributed by atoms with Crippen LogP contribution in [0.5, 0.6) is 5.75 Å². The molecule has 0 bridgehead atoms. The van der Waals surface area contributed by atoms with Crippen LogP contribution in [0, 0.1) is 11.3 Å². The summed E-state index contributed by atoms with van der Waals surface area (Å²) in [5, 5.41) is 11.4. The zero-order chi connectivity index (χ0) is 17.9. The van der Waals surface area contributed by atoms with Crippen LogP contribution in [0.25, 0.3) is 0 Å². The van der Waals surface area contributed by atoms with E-state index in [9.17, 15) is 13.7 Å². The van der Waals surface area contributed by atoms with Gasteiger partial charge in [0.05, 0.1) is 13.2 Å². The van der Waals surface area contributed by atoms with Crippen LogP contribution in [-0.2, 0) is 10.0 Å². The number of sulfonamides is 1. The molecule has 0 N–H and O–H groups in total. The molecule has 2 heterocycles. The fourth-order valence-electron chi connectivity index (χ4n) is 2.92. The second-order valence-electron chi connectivity index (χ2n) is 5.68. The molecule has 0 aliphatic carbocycles. The first-order valence-corrected chi connectivity index (χ1v) is 10.2. The van der Waals surface area contributed by atoms with Gasteiger partial charge in [0.25, 0.3) is 10.0 Å². The molecule has 1 fully saturated rings. The van der Waals surface area contributed by atoms with Crippen LogP contribution in [-0.4, -0.2) is 50.9 Å². The summed E-state index contributed by atoms with van der Waals surface area (Å²) in [6.45, 7) is 1.78. The topological polar surface area (TPSA) is 73.6 Å². The minimum Gasteiger partial charge on any atom is -0.497 e. The number of hydrogen-bond acceptors (Lipinski definition) is 6. The third-order valence-electron chi connectivity index (χ3n) is 4.26. The SMILES string of the molecule is COc1cccc(C(C#N)N2CCN(S(=O)(=O)c3cccs3)CC2)c1. The first-order valence-electron chi connectivity index (χ1n) is 7.87. The number of benzene rings is 1. The second kappa shape index (κ2) is 7.54. The standard InChI is InChI=1S/C17H19N3O3S2/c1-23-15-5-2-4-14(12-15)16(13-18)19-7-9-20(10-8-19)25(21,22)17-6-3-11-24-17/h2-6,11-12,16H,7-10H2,1H3. The third kappa shape index (κ3) is 3.70. The van der Waals surface area contributed by atoms with Gasteiger partial charge in [-0.3, -0.25) is 4.90 Å². The molecule has 0 radical (unpaired) electrons. The van der Waals surface area contributed by atoms with E-state index >= 15 is 0 Å². The van der Waals surface area contributed by atoms with Crippen molar-refractivity contribution < 1.29 is 13.2 Å². The Morgan fingerprint density at radius 2 is 1.96 bits per heavy atom. The van der Waals surface area contributed by atoms with Crippen LogP contribution in [0.15, 0.2) is 46.0 Å². The maximum Gasteiger partial charge on any atom is 0.252 e. The Hall–Kier alpha value is -1.92. The zero-order valence-corrected chi connectivity index (χ0v) is 15.5. The molecule has 1 aliphatic heterocycles. The van der Waals surface area contributed by atoms with E-state index in [1.807, 2.05) is 29.2 Å². The Morgan fingerprint density at radius 1 is 1.20 bits per heavy atom. The number of piperazine rings is 1. The van der Waals surface area contributed by atoms with Crippen molar-refractivity contribution in [3.8, 4) is 11.8 Å². The molecule has 3 rings (SSSR count). The number of hydrogen-bond donors (Lipinski definition) is 0. The Balaban J connectivity index is 1.71. The van der Waals surface area contributed by atoms with E-state index in [2.05, 4.69) is 6.07 Å². The normalized spacial score (nSPS) is 17.8. The molecule has 0 amide bonds. The molecular formula is C17H19N3O3S2. The molecule has 0 spiro atoms. The Bertz CT molecular complexity index is 852. The molecule has 1 atom stereocenters. The third-order valence-corrected chi connectivity index (χ3v) is 7.53. The molecule has 132 valence electrons. The van der Waals surface area contributed by atoms with E-state index in [-0.39, 0.29) is 0 Å². The quantitative estimate of drug-likeness (QED) is 0.800. The van der Waals surface area contributed by atoms with Crippen molar-refractivity contribution in [2.75, 3.05) is 33.3 Å². The largest absolute Gasteiger partial charge is 0.497 e. The number of nitriles is 1. The summed E-state index contributed by atoms with van der Waals surface area (Å²) in [6, 6.07) is 12.7. The second-order valence-corrected chi connectivity index (χ2v) is 8.79. The minimum absolute atomic E-state index is 0.366. The summed E-state index contributed by atoms with van der Waals surface area (Å²) in [7, 11) is -1.84. The van der Waals surface area contributed by atoms with E-state index in [1.165, 1.54) is 15.6 Å². The zero-order valence-electron chi connectivity index (χ0n) is 13.8. The monoisotopic (exact) mass is 377 g/mol. The highest BCUT2D eigenvalue weighted by Gasteiger charge is 2.32. The van der Waals surface area contributed by atoms with Crippen molar-refractivity contribution in [3.63, 3.8) is 0 Å². The number of nitrogens with zero attached hydrogens (tertiary/aromatic N) is 3. The fourth-order valence-corrected chi connectivity index (χ4v) is 5.48. The molecule has 1 unspecified atom stereocenters. The summed E-state index contributed by atoms with van der Waals surface area (Å²) in [5.41, 5.74) is 0.858. The lowest BCUT2D eigenvalue weighted by Crippen LogP contribution is -2.49. The van der Waals surface area contributed by atoms with Gasteiger partial charge in [-0.2, -0.15) is 9.57 Å². The van der Waals surface area contributed by atoms with E-state index in [4.69, 9.17) is 4.74 Å². The molecule has 8 heteroatoms. The molecule has 6 nitrogen and oxygen atoms in total. The lowest BCUT2D eigenvalue weighted by atomic mass is 10.1. The average molecular weight is 377 g/mol. The van der Waals surface area contributed by atoms with Gasteiger partial charge in [-0.05, 0) is 29.1 Å². The van der Waals surface area contributed by atoms with E-state index < -0.39 is 16.1 Å². The Morgan fingerprint density at radius 3 is 2.56 bits per heavy atom. The number of methoxy groups -OCH3 is 1. The molecule has 1 saturated heterocycles. The molecule has 2 aromatic rings. The van der Waals surface area contributed by atoms with E-state index in [0.717, 1.165) is 5.56 Å². The van der Waals surface area contributed by atoms with E-state index in [0.29, 0.717) is 36.1 Å². The summed E-state index contributed by atoms with van der Waals surface area (Å²) in [5.74, 6) is 0.705. The highest BCUT2D eigenvalue weighted by molar-refractivity contribution is 7.91. The molecule has 25 heavy (non-hydrogen) atoms. The van der Waals surface area contributed by atoms with Gasteiger partial charge in [-0.15, -0.1) is 11.3 Å². The van der Waals surface area contributed by atoms with Gasteiger partial charge in [0, 0.05) is 26.2 Å². The Labute approximate surface area is 151 Å². The van der Waals surface area contributed by atoms with Crippen LogP contribution in [0.1, 0.15) is 11.6 Å². The Kier molecular flexibility index (Phi) is 5.39. The molecule has 1 aromatic carbocycles. The summed E-state index contributed by atoms with van der Waals surface area (Å²) in [6.07, 6.45) is 0. The van der Waals surface area contributed by atoms with Crippen LogP contribution in [0.4, 0.5) is 0 Å². The predicted octanol–water partition coefficient (Wildman–Crippen LogP) is 2.33. The average Bonchev–Trinajstić information content (AvgIpc) is 3.19. The molecule has 1 aromatic heterocycles. The van der Waals surface area contributed by atoms with Crippen LogP contribution >= 0.6 is 11.3 Å². The van der Waals surface area contributed by atoms with Gasteiger partial charge in [0.1, 0.15) is 16.0 Å². The maximum atomic E-state index is 12.6. The first kappa shape index (κ1) is 17.9.